The molecule has 1 amide bonds. The highest BCUT2D eigenvalue weighted by atomic mass is 19.1. The summed E-state index contributed by atoms with van der Waals surface area (Å²) in [7, 11) is 0. The van der Waals surface area contributed by atoms with Crippen molar-refractivity contribution in [1.29, 1.82) is 0 Å². The van der Waals surface area contributed by atoms with Gasteiger partial charge in [0.1, 0.15) is 11.9 Å². The Hall–Kier alpha value is -3.42. The number of hydrogen-bond donors (Lipinski definition) is 1. The van der Waals surface area contributed by atoms with E-state index in [0.29, 0.717) is 16.8 Å². The highest BCUT2D eigenvalue weighted by Gasteiger charge is 2.22. The zero-order chi connectivity index (χ0) is 21.2. The van der Waals surface area contributed by atoms with Crippen molar-refractivity contribution < 1.29 is 14.0 Å². The molecule has 8 heteroatoms. The standard InChI is InChI=1S/C21H22FN5O2/c1-13(27-25-19(24-26-27)15-6-5-7-16(22)12-15)18(28)14-8-10-17(11-9-14)23-20(29)21(2,3)4/h5-13H,1-4H3,(H,23,29)/t13-/m0/s1. The smallest absolute Gasteiger partial charge is 0.229 e. The van der Waals surface area contributed by atoms with Gasteiger partial charge < -0.3 is 5.32 Å². The third-order valence-electron chi connectivity index (χ3n) is 4.35. The number of benzene rings is 2. The zero-order valence-electron chi connectivity index (χ0n) is 16.7. The summed E-state index contributed by atoms with van der Waals surface area (Å²) in [6.45, 7) is 7.13. The lowest BCUT2D eigenvalue weighted by Crippen LogP contribution is -2.27. The molecule has 7 nitrogen and oxygen atoms in total. The number of ketones is 1. The summed E-state index contributed by atoms with van der Waals surface area (Å²) in [5, 5.41) is 14.9. The molecule has 0 saturated heterocycles. The summed E-state index contributed by atoms with van der Waals surface area (Å²) in [5.41, 5.74) is 1.04. The predicted molar refractivity (Wildman–Crippen MR) is 107 cm³/mol. The van der Waals surface area contributed by atoms with Crippen molar-refractivity contribution in [3.05, 3.63) is 59.9 Å². The molecule has 0 aliphatic carbocycles. The Bertz CT molecular complexity index is 1040. The number of carbonyl (C=O) groups is 2. The summed E-state index contributed by atoms with van der Waals surface area (Å²) in [5.74, 6) is -0.477. The molecule has 0 fully saturated rings. The van der Waals surface area contributed by atoms with Crippen LogP contribution in [-0.2, 0) is 4.79 Å². The van der Waals surface area contributed by atoms with Crippen LogP contribution in [0.2, 0.25) is 0 Å². The minimum atomic E-state index is -0.695. The van der Waals surface area contributed by atoms with Crippen LogP contribution in [0.15, 0.2) is 48.5 Å². The SMILES string of the molecule is C[C@@H](C(=O)c1ccc(NC(=O)C(C)(C)C)cc1)n1nnc(-c2cccc(F)c2)n1. The van der Waals surface area contributed by atoms with Gasteiger partial charge in [-0.05, 0) is 48.5 Å². The van der Waals surface area contributed by atoms with E-state index >= 15 is 0 Å². The molecule has 1 heterocycles. The Morgan fingerprint density at radius 1 is 1.10 bits per heavy atom. The second-order valence-electron chi connectivity index (χ2n) is 7.77. The van der Waals surface area contributed by atoms with Gasteiger partial charge in [-0.25, -0.2) is 4.39 Å². The summed E-state index contributed by atoms with van der Waals surface area (Å²) < 4.78 is 13.4. The summed E-state index contributed by atoms with van der Waals surface area (Å²) in [4.78, 5) is 26.0. The molecule has 150 valence electrons. The summed E-state index contributed by atoms with van der Waals surface area (Å²) >= 11 is 0. The van der Waals surface area contributed by atoms with Crippen molar-refractivity contribution in [2.24, 2.45) is 5.41 Å². The average molecular weight is 395 g/mol. The first kappa shape index (κ1) is 20.3. The number of hydrogen-bond acceptors (Lipinski definition) is 5. The summed E-state index contributed by atoms with van der Waals surface area (Å²) in [6.07, 6.45) is 0. The Labute approximate surface area is 167 Å². The molecule has 0 radical (unpaired) electrons. The number of rotatable bonds is 5. The van der Waals surface area contributed by atoms with Crippen molar-refractivity contribution in [3.8, 4) is 11.4 Å². The second-order valence-corrected chi connectivity index (χ2v) is 7.77. The maximum absolute atomic E-state index is 13.4. The molecular weight excluding hydrogens is 373 g/mol. The van der Waals surface area contributed by atoms with Gasteiger partial charge in [-0.15, -0.1) is 10.2 Å². The van der Waals surface area contributed by atoms with Crippen LogP contribution < -0.4 is 5.32 Å². The van der Waals surface area contributed by atoms with Crippen molar-refractivity contribution in [2.75, 3.05) is 5.32 Å². The molecule has 0 saturated carbocycles. The first-order chi connectivity index (χ1) is 13.6. The predicted octanol–water partition coefficient (Wildman–Crippen LogP) is 3.91. The molecule has 2 aromatic carbocycles. The van der Waals surface area contributed by atoms with E-state index in [9.17, 15) is 14.0 Å². The number of Topliss-reactive ketones (excluding diaryl/α,β-unsaturated/α-hetero) is 1. The van der Waals surface area contributed by atoms with E-state index in [1.165, 1.54) is 16.9 Å². The van der Waals surface area contributed by atoms with Gasteiger partial charge in [0.2, 0.25) is 11.7 Å². The molecule has 29 heavy (non-hydrogen) atoms. The van der Waals surface area contributed by atoms with Crippen molar-refractivity contribution in [1.82, 2.24) is 20.2 Å². The van der Waals surface area contributed by atoms with E-state index in [1.54, 1.807) is 43.3 Å². The third kappa shape index (κ3) is 4.71. The third-order valence-corrected chi connectivity index (χ3v) is 4.35. The Morgan fingerprint density at radius 3 is 2.41 bits per heavy atom. The number of anilines is 1. The van der Waals surface area contributed by atoms with Crippen molar-refractivity contribution >= 4 is 17.4 Å². The number of amides is 1. The lowest BCUT2D eigenvalue weighted by molar-refractivity contribution is -0.123. The molecular formula is C21H22FN5O2. The van der Waals surface area contributed by atoms with Crippen LogP contribution in [-0.4, -0.2) is 31.9 Å². The first-order valence-electron chi connectivity index (χ1n) is 9.16. The van der Waals surface area contributed by atoms with Gasteiger partial charge in [0.25, 0.3) is 0 Å². The molecule has 0 aliphatic rings. The van der Waals surface area contributed by atoms with Crippen LogP contribution in [0.1, 0.15) is 44.1 Å². The van der Waals surface area contributed by atoms with Gasteiger partial charge in [-0.3, -0.25) is 9.59 Å². The van der Waals surface area contributed by atoms with Crippen molar-refractivity contribution in [3.63, 3.8) is 0 Å². The number of nitrogens with zero attached hydrogens (tertiary/aromatic N) is 4. The largest absolute Gasteiger partial charge is 0.326 e. The topological polar surface area (TPSA) is 89.8 Å². The molecule has 3 rings (SSSR count). The minimum Gasteiger partial charge on any atom is -0.326 e. The normalized spacial score (nSPS) is 12.4. The van der Waals surface area contributed by atoms with E-state index in [-0.39, 0.29) is 17.5 Å². The number of halogens is 1. The average Bonchev–Trinajstić information content (AvgIpc) is 3.17. The van der Waals surface area contributed by atoms with Crippen molar-refractivity contribution in [2.45, 2.75) is 33.7 Å². The highest BCUT2D eigenvalue weighted by Crippen LogP contribution is 2.20. The van der Waals surface area contributed by atoms with Gasteiger partial charge in [0.15, 0.2) is 5.78 Å². The van der Waals surface area contributed by atoms with E-state index in [2.05, 4.69) is 20.7 Å². The van der Waals surface area contributed by atoms with Crippen LogP contribution in [0, 0.1) is 11.2 Å². The van der Waals surface area contributed by atoms with Crippen LogP contribution >= 0.6 is 0 Å². The highest BCUT2D eigenvalue weighted by molar-refractivity contribution is 5.99. The van der Waals surface area contributed by atoms with Gasteiger partial charge >= 0.3 is 0 Å². The number of tetrazole rings is 1. The fourth-order valence-corrected chi connectivity index (χ4v) is 2.51. The van der Waals surface area contributed by atoms with E-state index < -0.39 is 17.3 Å². The minimum absolute atomic E-state index is 0.110. The number of nitrogens with one attached hydrogen (secondary N) is 1. The van der Waals surface area contributed by atoms with Gasteiger partial charge in [-0.2, -0.15) is 4.80 Å². The van der Waals surface area contributed by atoms with E-state index in [0.717, 1.165) is 0 Å². The number of carbonyl (C=O) groups excluding carboxylic acids is 2. The van der Waals surface area contributed by atoms with Gasteiger partial charge in [-0.1, -0.05) is 32.9 Å². The van der Waals surface area contributed by atoms with Crippen LogP contribution in [0.4, 0.5) is 10.1 Å². The zero-order valence-corrected chi connectivity index (χ0v) is 16.7. The Morgan fingerprint density at radius 2 is 1.79 bits per heavy atom. The number of aromatic nitrogens is 4. The molecule has 0 unspecified atom stereocenters. The Kier molecular flexibility index (Phi) is 5.54. The lowest BCUT2D eigenvalue weighted by Gasteiger charge is -2.17. The molecule has 0 aliphatic heterocycles. The fraction of sp³-hybridized carbons (Fsp3) is 0.286. The molecule has 0 bridgehead atoms. The van der Waals surface area contributed by atoms with Crippen LogP contribution in [0.5, 0.6) is 0 Å². The molecule has 0 spiro atoms. The first-order valence-corrected chi connectivity index (χ1v) is 9.16. The van der Waals surface area contributed by atoms with E-state index in [1.807, 2.05) is 20.8 Å². The van der Waals surface area contributed by atoms with Gasteiger partial charge in [0, 0.05) is 22.2 Å². The van der Waals surface area contributed by atoms with Crippen LogP contribution in [0.3, 0.4) is 0 Å². The maximum atomic E-state index is 13.4. The quantitative estimate of drug-likeness (QED) is 0.662. The molecule has 1 aromatic heterocycles. The van der Waals surface area contributed by atoms with E-state index in [4.69, 9.17) is 0 Å². The second kappa shape index (κ2) is 7.90. The van der Waals surface area contributed by atoms with Crippen LogP contribution in [0.25, 0.3) is 11.4 Å². The molecule has 1 atom stereocenters. The molecule has 1 N–H and O–H groups in total. The summed E-state index contributed by atoms with van der Waals surface area (Å²) in [6, 6.07) is 11.8. The Balaban J connectivity index is 1.73. The fourth-order valence-electron chi connectivity index (χ4n) is 2.51. The van der Waals surface area contributed by atoms with Gasteiger partial charge in [0.05, 0.1) is 0 Å². The monoisotopic (exact) mass is 395 g/mol. The molecule has 3 aromatic rings. The maximum Gasteiger partial charge on any atom is 0.229 e. The lowest BCUT2D eigenvalue weighted by atomic mass is 9.95.